The van der Waals surface area contributed by atoms with Crippen LogP contribution in [0.4, 0.5) is 0 Å². The molecule has 5 rings (SSSR count). The maximum Gasteiger partial charge on any atom is 0.142 e. The molecule has 2 heteroatoms. The first kappa shape index (κ1) is 6.99. The van der Waals surface area contributed by atoms with Gasteiger partial charge in [-0.2, -0.15) is 0 Å². The second kappa shape index (κ2) is 1.60. The van der Waals surface area contributed by atoms with E-state index >= 15 is 0 Å². The highest BCUT2D eigenvalue weighted by Crippen LogP contribution is 2.77. The van der Waals surface area contributed by atoms with Crippen molar-refractivity contribution in [1.82, 2.24) is 0 Å². The highest BCUT2D eigenvalue weighted by molar-refractivity contribution is 5.91. The molecule has 5 unspecified atom stereocenters. The molecule has 2 nitrogen and oxygen atoms in total. The number of rotatable bonds is 0. The zero-order valence-electron chi connectivity index (χ0n) is 7.73. The number of ketones is 1. The van der Waals surface area contributed by atoms with Crippen LogP contribution in [0.5, 0.6) is 0 Å². The Balaban J connectivity index is 1.96. The predicted octanol–water partition coefficient (Wildman–Crippen LogP) is 0.838. The van der Waals surface area contributed by atoms with Crippen molar-refractivity contribution in [1.29, 1.82) is 0 Å². The van der Waals surface area contributed by atoms with Gasteiger partial charge in [0.15, 0.2) is 0 Å². The van der Waals surface area contributed by atoms with E-state index in [4.69, 9.17) is 0 Å². The molecule has 0 aliphatic heterocycles. The first-order chi connectivity index (χ1) is 6.14. The van der Waals surface area contributed by atoms with Crippen molar-refractivity contribution >= 4 is 5.78 Å². The van der Waals surface area contributed by atoms with Crippen LogP contribution in [0.25, 0.3) is 0 Å². The summed E-state index contributed by atoms with van der Waals surface area (Å²) in [5, 5.41) is 10.0. The fourth-order valence-electron chi connectivity index (χ4n) is 5.25. The molecule has 0 aromatic carbocycles. The van der Waals surface area contributed by atoms with E-state index in [-0.39, 0.29) is 17.9 Å². The van der Waals surface area contributed by atoms with Crippen LogP contribution in [-0.2, 0) is 4.79 Å². The number of carbonyl (C=O) groups is 1. The molecular formula is C11H14O2. The molecule has 5 aliphatic carbocycles. The van der Waals surface area contributed by atoms with Crippen LogP contribution in [0, 0.1) is 35.0 Å². The highest BCUT2D eigenvalue weighted by Gasteiger charge is 2.78. The number of hydrogen-bond acceptors (Lipinski definition) is 2. The van der Waals surface area contributed by atoms with E-state index in [1.165, 1.54) is 12.8 Å². The topological polar surface area (TPSA) is 37.3 Å². The summed E-state index contributed by atoms with van der Waals surface area (Å²) in [7, 11) is 0. The Labute approximate surface area is 77.3 Å². The lowest BCUT2D eigenvalue weighted by Crippen LogP contribution is -2.54. The van der Waals surface area contributed by atoms with E-state index in [1.54, 1.807) is 0 Å². The van der Waals surface area contributed by atoms with E-state index in [2.05, 4.69) is 6.92 Å². The maximum atomic E-state index is 11.9. The molecule has 5 aliphatic rings. The summed E-state index contributed by atoms with van der Waals surface area (Å²) >= 11 is 0. The third-order valence-electron chi connectivity index (χ3n) is 5.59. The van der Waals surface area contributed by atoms with Crippen molar-refractivity contribution in [2.24, 2.45) is 35.0 Å². The number of carbonyl (C=O) groups excluding carboxylic acids is 1. The maximum absolute atomic E-state index is 11.9. The molecule has 0 aromatic rings. The van der Waals surface area contributed by atoms with Crippen molar-refractivity contribution < 1.29 is 9.90 Å². The average Bonchev–Trinajstić information content (AvgIpc) is 2.31. The molecule has 0 aromatic heterocycles. The van der Waals surface area contributed by atoms with Crippen LogP contribution in [0.15, 0.2) is 0 Å². The predicted molar refractivity (Wildman–Crippen MR) is 45.8 cm³/mol. The Morgan fingerprint density at radius 2 is 2.23 bits per heavy atom. The number of hydrogen-bond donors (Lipinski definition) is 1. The molecule has 7 atom stereocenters. The standard InChI is InChI=1S/C11H14O2/c1-11-3-4-2-5(11)7-8(11)10(13)6(4)9(7)12/h4-8,10,13H,2-3H2,1H3/t4?,5?,6?,7?,8?,10-,11-/m1/s1. The third-order valence-corrected chi connectivity index (χ3v) is 5.59. The minimum Gasteiger partial charge on any atom is -0.392 e. The normalized spacial score (nSPS) is 71.7. The largest absolute Gasteiger partial charge is 0.392 e. The summed E-state index contributed by atoms with van der Waals surface area (Å²) in [6.07, 6.45) is 2.16. The van der Waals surface area contributed by atoms with Gasteiger partial charge >= 0.3 is 0 Å². The molecule has 5 fully saturated rings. The molecule has 13 heavy (non-hydrogen) atoms. The van der Waals surface area contributed by atoms with E-state index in [9.17, 15) is 9.90 Å². The summed E-state index contributed by atoms with van der Waals surface area (Å²) < 4.78 is 0. The summed E-state index contributed by atoms with van der Waals surface area (Å²) in [5.74, 6) is 2.24. The van der Waals surface area contributed by atoms with Gasteiger partial charge in [0.1, 0.15) is 5.78 Å². The van der Waals surface area contributed by atoms with Gasteiger partial charge < -0.3 is 5.11 Å². The summed E-state index contributed by atoms with van der Waals surface area (Å²) in [4.78, 5) is 11.9. The molecule has 70 valence electrons. The van der Waals surface area contributed by atoms with Crippen LogP contribution in [0.3, 0.4) is 0 Å². The quantitative estimate of drug-likeness (QED) is 0.596. The lowest BCUT2D eigenvalue weighted by Gasteiger charge is -2.54. The van der Waals surface area contributed by atoms with Crippen LogP contribution >= 0.6 is 0 Å². The second-order valence-electron chi connectivity index (χ2n) is 5.78. The smallest absolute Gasteiger partial charge is 0.142 e. The van der Waals surface area contributed by atoms with Crippen LogP contribution in [0.1, 0.15) is 19.8 Å². The summed E-state index contributed by atoms with van der Waals surface area (Å²) in [5.41, 5.74) is 0.345. The Bertz CT molecular complexity index is 322. The third kappa shape index (κ3) is 0.456. The lowest BCUT2D eigenvalue weighted by atomic mass is 9.49. The van der Waals surface area contributed by atoms with E-state index < -0.39 is 0 Å². The van der Waals surface area contributed by atoms with E-state index in [0.717, 1.165) is 0 Å². The molecule has 0 radical (unpaired) electrons. The Morgan fingerprint density at radius 3 is 3.00 bits per heavy atom. The minimum atomic E-state index is -0.278. The summed E-state index contributed by atoms with van der Waals surface area (Å²) in [6, 6.07) is 0. The first-order valence-corrected chi connectivity index (χ1v) is 5.36. The zero-order valence-corrected chi connectivity index (χ0v) is 7.73. The van der Waals surface area contributed by atoms with Gasteiger partial charge in [0.2, 0.25) is 0 Å². The number of aliphatic hydroxyl groups excluding tert-OH is 1. The van der Waals surface area contributed by atoms with Crippen molar-refractivity contribution in [2.75, 3.05) is 0 Å². The molecule has 0 saturated heterocycles. The Hall–Kier alpha value is -0.370. The second-order valence-corrected chi connectivity index (χ2v) is 5.78. The van der Waals surface area contributed by atoms with Crippen molar-refractivity contribution in [3.63, 3.8) is 0 Å². The minimum absolute atomic E-state index is 0.0434. The molecule has 5 saturated carbocycles. The van der Waals surface area contributed by atoms with E-state index in [0.29, 0.717) is 29.0 Å². The molecule has 0 amide bonds. The Morgan fingerprint density at radius 1 is 1.46 bits per heavy atom. The first-order valence-electron chi connectivity index (χ1n) is 5.36. The highest BCUT2D eigenvalue weighted by atomic mass is 16.3. The molecule has 6 bridgehead atoms. The van der Waals surface area contributed by atoms with Crippen molar-refractivity contribution in [3.05, 3.63) is 0 Å². The number of aliphatic hydroxyl groups is 1. The fourth-order valence-corrected chi connectivity index (χ4v) is 5.25. The fraction of sp³-hybridized carbons (Fsp3) is 0.909. The monoisotopic (exact) mass is 178 g/mol. The summed E-state index contributed by atoms with van der Waals surface area (Å²) in [6.45, 7) is 2.29. The van der Waals surface area contributed by atoms with Gasteiger partial charge in [-0.3, -0.25) is 4.79 Å². The van der Waals surface area contributed by atoms with E-state index in [1.807, 2.05) is 0 Å². The molecule has 0 heterocycles. The van der Waals surface area contributed by atoms with Gasteiger partial charge in [-0.1, -0.05) is 6.92 Å². The van der Waals surface area contributed by atoms with Crippen LogP contribution in [0.2, 0.25) is 0 Å². The SMILES string of the molecule is C[C@@]12CC3CC1C1C(=O)C3[C@@H](O)C12. The van der Waals surface area contributed by atoms with Gasteiger partial charge in [-0.25, -0.2) is 0 Å². The lowest BCUT2D eigenvalue weighted by molar-refractivity contribution is -0.143. The van der Waals surface area contributed by atoms with Gasteiger partial charge in [0.05, 0.1) is 6.10 Å². The number of Topliss-reactive ketones (excluding diaryl/α,β-unsaturated/α-hetero) is 1. The van der Waals surface area contributed by atoms with Crippen molar-refractivity contribution in [3.8, 4) is 0 Å². The van der Waals surface area contributed by atoms with Crippen LogP contribution in [-0.4, -0.2) is 17.0 Å². The molecular weight excluding hydrogens is 164 g/mol. The Kier molecular flexibility index (Phi) is 0.862. The van der Waals surface area contributed by atoms with Gasteiger partial charge in [0, 0.05) is 17.8 Å². The molecule has 1 N–H and O–H groups in total. The zero-order chi connectivity index (χ0) is 8.96. The molecule has 0 spiro atoms. The van der Waals surface area contributed by atoms with Gasteiger partial charge in [-0.15, -0.1) is 0 Å². The average molecular weight is 178 g/mol. The van der Waals surface area contributed by atoms with Gasteiger partial charge in [-0.05, 0) is 30.1 Å². The van der Waals surface area contributed by atoms with Crippen molar-refractivity contribution in [2.45, 2.75) is 25.9 Å². The van der Waals surface area contributed by atoms with Gasteiger partial charge in [0.25, 0.3) is 0 Å². The van der Waals surface area contributed by atoms with Crippen LogP contribution < -0.4 is 0 Å².